The van der Waals surface area contributed by atoms with Crippen molar-refractivity contribution in [3.8, 4) is 11.5 Å². The van der Waals surface area contributed by atoms with Gasteiger partial charge in [0.2, 0.25) is 0 Å². The minimum absolute atomic E-state index is 0.170. The molecule has 1 saturated heterocycles. The highest BCUT2D eigenvalue weighted by Crippen LogP contribution is 2.49. The van der Waals surface area contributed by atoms with Crippen molar-refractivity contribution in [3.63, 3.8) is 0 Å². The summed E-state index contributed by atoms with van der Waals surface area (Å²) >= 11 is 2.17. The van der Waals surface area contributed by atoms with Crippen LogP contribution in [0.15, 0.2) is 29.4 Å². The summed E-state index contributed by atoms with van der Waals surface area (Å²) in [4.78, 5) is 25.6. The molecule has 4 atom stereocenters. The van der Waals surface area contributed by atoms with Gasteiger partial charge in [0.1, 0.15) is 0 Å². The number of hydrazone groups is 1. The number of ether oxygens (including phenoxy) is 2. The molecule has 0 N–H and O–H groups in total. The molecule has 27 heavy (non-hydrogen) atoms. The van der Waals surface area contributed by atoms with Crippen molar-refractivity contribution in [2.75, 3.05) is 13.7 Å². The number of benzene rings is 1. The number of hydrogen-bond acceptors (Lipinski definition) is 5. The fourth-order valence-electron chi connectivity index (χ4n) is 4.42. The number of nitrogens with zero attached hydrogens (tertiary/aromatic N) is 2. The van der Waals surface area contributed by atoms with Crippen molar-refractivity contribution < 1.29 is 19.1 Å². The van der Waals surface area contributed by atoms with Gasteiger partial charge in [-0.25, -0.2) is 0 Å². The van der Waals surface area contributed by atoms with E-state index in [1.54, 1.807) is 19.4 Å². The first-order valence-electron chi connectivity index (χ1n) is 9.15. The molecule has 2 amide bonds. The maximum absolute atomic E-state index is 12.8. The van der Waals surface area contributed by atoms with Crippen LogP contribution in [0.1, 0.15) is 25.3 Å². The summed E-state index contributed by atoms with van der Waals surface area (Å²) in [6.45, 7) is 2.41. The first-order chi connectivity index (χ1) is 13.0. The Hall–Kier alpha value is -1.90. The van der Waals surface area contributed by atoms with Crippen LogP contribution < -0.4 is 9.47 Å². The number of hydrogen-bond donors (Lipinski definition) is 0. The molecule has 0 radical (unpaired) electrons. The monoisotopic (exact) mass is 480 g/mol. The number of halogens is 1. The maximum Gasteiger partial charge on any atom is 0.254 e. The van der Waals surface area contributed by atoms with E-state index in [0.717, 1.165) is 27.0 Å². The smallest absolute Gasteiger partial charge is 0.254 e. The van der Waals surface area contributed by atoms with Crippen molar-refractivity contribution in [2.24, 2.45) is 28.8 Å². The van der Waals surface area contributed by atoms with Gasteiger partial charge in [0, 0.05) is 0 Å². The zero-order chi connectivity index (χ0) is 19.1. The van der Waals surface area contributed by atoms with Crippen LogP contribution in [-0.2, 0) is 9.59 Å². The Morgan fingerprint density at radius 3 is 2.33 bits per heavy atom. The lowest BCUT2D eigenvalue weighted by Crippen LogP contribution is -2.38. The predicted octanol–water partition coefficient (Wildman–Crippen LogP) is 3.23. The Balaban J connectivity index is 1.60. The lowest BCUT2D eigenvalue weighted by atomic mass is 9.63. The van der Waals surface area contributed by atoms with E-state index in [1.165, 1.54) is 0 Å². The molecule has 5 rings (SSSR count). The van der Waals surface area contributed by atoms with Crippen LogP contribution in [0.25, 0.3) is 0 Å². The molecule has 0 unspecified atom stereocenters. The third-order valence-corrected chi connectivity index (χ3v) is 6.40. The maximum atomic E-state index is 12.8. The highest BCUT2D eigenvalue weighted by Gasteiger charge is 2.56. The van der Waals surface area contributed by atoms with E-state index in [0.29, 0.717) is 18.1 Å². The van der Waals surface area contributed by atoms with E-state index < -0.39 is 0 Å². The van der Waals surface area contributed by atoms with E-state index in [2.05, 4.69) is 39.8 Å². The third-order valence-electron chi connectivity index (χ3n) is 5.59. The number of methoxy groups -OCH3 is 1. The number of rotatable bonds is 5. The van der Waals surface area contributed by atoms with Crippen LogP contribution in [0.2, 0.25) is 0 Å². The van der Waals surface area contributed by atoms with Crippen molar-refractivity contribution >= 4 is 40.6 Å². The molecule has 3 aliphatic carbocycles. The van der Waals surface area contributed by atoms with E-state index in [4.69, 9.17) is 9.47 Å². The van der Waals surface area contributed by atoms with Crippen molar-refractivity contribution in [3.05, 3.63) is 33.4 Å². The molecule has 1 aromatic rings. The van der Waals surface area contributed by atoms with Gasteiger partial charge in [-0.3, -0.25) is 9.59 Å². The Bertz CT molecular complexity index is 819. The number of fused-ring (bicyclic) bond motifs is 1. The SMILES string of the molecule is CCOc1cc(/C=N\N2C(=O)[C@@H]3[C@@H](C2=O)[C@H]2C=C[C@H]3CC2)cc(I)c1OC. The number of carbonyl (C=O) groups excluding carboxylic acids is 2. The molecule has 2 fully saturated rings. The minimum Gasteiger partial charge on any atom is -0.492 e. The lowest BCUT2D eigenvalue weighted by molar-refractivity contribution is -0.140. The second-order valence-corrected chi connectivity index (χ2v) is 8.20. The second kappa shape index (κ2) is 7.26. The van der Waals surface area contributed by atoms with Crippen molar-refractivity contribution in [1.82, 2.24) is 5.01 Å². The summed E-state index contributed by atoms with van der Waals surface area (Å²) in [6.07, 6.45) is 7.72. The molecule has 0 aromatic heterocycles. The van der Waals surface area contributed by atoms with Crippen LogP contribution in [0.5, 0.6) is 11.5 Å². The molecular formula is C20H21IN2O4. The summed E-state index contributed by atoms with van der Waals surface area (Å²) in [7, 11) is 1.60. The zero-order valence-electron chi connectivity index (χ0n) is 15.2. The highest BCUT2D eigenvalue weighted by atomic mass is 127. The van der Waals surface area contributed by atoms with Crippen LogP contribution >= 0.6 is 22.6 Å². The molecule has 0 spiro atoms. The average molecular weight is 480 g/mol. The van der Waals surface area contributed by atoms with Gasteiger partial charge in [-0.15, -0.1) is 0 Å². The summed E-state index contributed by atoms with van der Waals surface area (Å²) in [6, 6.07) is 3.69. The van der Waals surface area contributed by atoms with Crippen LogP contribution in [-0.4, -0.2) is 36.8 Å². The molecular weight excluding hydrogens is 459 g/mol. The molecule has 1 saturated carbocycles. The van der Waals surface area contributed by atoms with Crippen LogP contribution in [0.3, 0.4) is 0 Å². The van der Waals surface area contributed by atoms with Gasteiger partial charge < -0.3 is 9.47 Å². The van der Waals surface area contributed by atoms with Gasteiger partial charge >= 0.3 is 0 Å². The fourth-order valence-corrected chi connectivity index (χ4v) is 5.27. The Kier molecular flexibility index (Phi) is 4.96. The van der Waals surface area contributed by atoms with Gasteiger partial charge in [0.05, 0.1) is 35.3 Å². The standard InChI is InChI=1S/C20H21IN2O4/c1-3-27-15-9-11(8-14(21)18(15)26-2)10-22-23-19(24)16-12-4-5-13(7-6-12)17(16)20(23)25/h4-5,8-10,12-13,16-17H,3,6-7H2,1-2H3/b22-10-/t12-,13-,16-,17-/m0/s1. The normalized spacial score (nSPS) is 28.9. The third kappa shape index (κ3) is 3.05. The van der Waals surface area contributed by atoms with Crippen molar-refractivity contribution in [1.29, 1.82) is 0 Å². The van der Waals surface area contributed by atoms with Crippen LogP contribution in [0.4, 0.5) is 0 Å². The van der Waals surface area contributed by atoms with E-state index in [1.807, 2.05) is 13.0 Å². The molecule has 1 aliphatic heterocycles. The molecule has 2 bridgehead atoms. The predicted molar refractivity (Wildman–Crippen MR) is 109 cm³/mol. The van der Waals surface area contributed by atoms with Gasteiger partial charge in [-0.1, -0.05) is 12.2 Å². The summed E-state index contributed by atoms with van der Waals surface area (Å²) in [5, 5.41) is 5.33. The number of carbonyl (C=O) groups is 2. The van der Waals surface area contributed by atoms with Crippen LogP contribution in [0, 0.1) is 27.2 Å². The summed E-state index contributed by atoms with van der Waals surface area (Å²) in [5.74, 6) is 0.787. The number of allylic oxidation sites excluding steroid dienone is 2. The molecule has 142 valence electrons. The Labute approximate surface area is 171 Å². The molecule has 6 nitrogen and oxygen atoms in total. The molecule has 7 heteroatoms. The van der Waals surface area contributed by atoms with Gasteiger partial charge in [-0.05, 0) is 71.9 Å². The zero-order valence-corrected chi connectivity index (χ0v) is 17.4. The minimum atomic E-state index is -0.242. The average Bonchev–Trinajstić information content (AvgIpc) is 2.94. The first-order valence-corrected chi connectivity index (χ1v) is 10.2. The Morgan fingerprint density at radius 1 is 1.19 bits per heavy atom. The molecule has 4 aliphatic rings. The molecule has 1 aromatic carbocycles. The van der Waals surface area contributed by atoms with Gasteiger partial charge in [-0.2, -0.15) is 10.1 Å². The van der Waals surface area contributed by atoms with Gasteiger partial charge in [0.25, 0.3) is 11.8 Å². The lowest BCUT2D eigenvalue weighted by Gasteiger charge is -2.37. The molecule has 1 heterocycles. The topological polar surface area (TPSA) is 68.2 Å². The van der Waals surface area contributed by atoms with Crippen molar-refractivity contribution in [2.45, 2.75) is 19.8 Å². The summed E-state index contributed by atoms with van der Waals surface area (Å²) in [5.41, 5.74) is 0.750. The largest absolute Gasteiger partial charge is 0.492 e. The second-order valence-electron chi connectivity index (χ2n) is 7.04. The van der Waals surface area contributed by atoms with Gasteiger partial charge in [0.15, 0.2) is 11.5 Å². The number of amides is 2. The quantitative estimate of drug-likeness (QED) is 0.281. The Morgan fingerprint density at radius 2 is 1.81 bits per heavy atom. The number of imide groups is 1. The van der Waals surface area contributed by atoms with E-state index in [9.17, 15) is 9.59 Å². The van der Waals surface area contributed by atoms with E-state index in [-0.39, 0.29) is 35.5 Å². The highest BCUT2D eigenvalue weighted by molar-refractivity contribution is 14.1. The summed E-state index contributed by atoms with van der Waals surface area (Å²) < 4.78 is 11.9. The fraction of sp³-hybridized carbons (Fsp3) is 0.450. The first kappa shape index (κ1) is 18.5. The van der Waals surface area contributed by atoms with E-state index >= 15 is 0 Å².